The van der Waals surface area contributed by atoms with Crippen LogP contribution in [-0.2, 0) is 17.7 Å². The van der Waals surface area contributed by atoms with Gasteiger partial charge in [0, 0.05) is 105 Å². The van der Waals surface area contributed by atoms with Crippen LogP contribution in [0.5, 0.6) is 0 Å². The highest BCUT2D eigenvalue weighted by Gasteiger charge is 2.27. The lowest BCUT2D eigenvalue weighted by Gasteiger charge is -2.37. The van der Waals surface area contributed by atoms with Crippen molar-refractivity contribution in [1.82, 2.24) is 30.4 Å². The Bertz CT molecular complexity index is 2750. The topological polar surface area (TPSA) is 157 Å². The Morgan fingerprint density at radius 2 is 1.65 bits per heavy atom. The van der Waals surface area contributed by atoms with Gasteiger partial charge in [-0.15, -0.1) is 0 Å². The fourth-order valence-electron chi connectivity index (χ4n) is 8.79. The summed E-state index contributed by atoms with van der Waals surface area (Å²) in [6.45, 7) is 11.8. The molecule has 2 aliphatic rings. The lowest BCUT2D eigenvalue weighted by atomic mass is 9.95. The molecule has 0 radical (unpaired) electrons. The highest BCUT2D eigenvalue weighted by molar-refractivity contribution is 5.99. The summed E-state index contributed by atoms with van der Waals surface area (Å²) in [5.74, 6) is -0.500. The Hall–Kier alpha value is -6.67. The molecule has 14 heteroatoms. The van der Waals surface area contributed by atoms with Crippen LogP contribution in [0.1, 0.15) is 74.1 Å². The Morgan fingerprint density at radius 3 is 2.35 bits per heavy atom. The Morgan fingerprint density at radius 1 is 0.887 bits per heavy atom. The maximum atomic E-state index is 15.2. The van der Waals surface area contributed by atoms with Crippen molar-refractivity contribution >= 4 is 34.1 Å². The second kappa shape index (κ2) is 18.1. The van der Waals surface area contributed by atoms with E-state index in [1.54, 1.807) is 29.2 Å². The van der Waals surface area contributed by atoms with E-state index in [2.05, 4.69) is 43.3 Å². The monoisotopic (exact) mass is 838 g/mol. The summed E-state index contributed by atoms with van der Waals surface area (Å²) in [6, 6.07) is 21.8. The van der Waals surface area contributed by atoms with Gasteiger partial charge in [-0.3, -0.25) is 19.2 Å². The summed E-state index contributed by atoms with van der Waals surface area (Å²) in [5, 5.41) is 11.0. The van der Waals surface area contributed by atoms with Gasteiger partial charge in [0.25, 0.3) is 22.9 Å². The standard InChI is InChI=1S/C48H51FN8O5/c1-5-57(35-14-20-62-21-15-35)43-26-34(25-38(31(43)4)45(58)51-28-40-29(2)22-30(3)52-46(40)59)33-11-13-44(50-27-33)55-16-18-56(19-17-55)48(61)39-23-32(10-12-41(39)49)24-42-36-8-6-7-9-37(36)47(60)54-53-42/h6-13,22-23,25-27,35H,5,14-21,24,28H2,1-4H3,(H,51,58)(H,52,59)(H,54,60). The predicted molar refractivity (Wildman–Crippen MR) is 239 cm³/mol. The largest absolute Gasteiger partial charge is 0.381 e. The average molecular weight is 839 g/mol. The van der Waals surface area contributed by atoms with Crippen molar-refractivity contribution in [3.8, 4) is 11.1 Å². The molecule has 8 rings (SSSR count). The number of aromatic amines is 2. The fraction of sp³-hybridized carbons (Fsp3) is 0.333. The number of nitrogens with zero attached hydrogens (tertiary/aromatic N) is 5. The third-order valence-electron chi connectivity index (χ3n) is 12.2. The van der Waals surface area contributed by atoms with Gasteiger partial charge < -0.3 is 29.7 Å². The summed E-state index contributed by atoms with van der Waals surface area (Å²) in [7, 11) is 0. The van der Waals surface area contributed by atoms with Crippen LogP contribution in [-0.4, -0.2) is 88.9 Å². The van der Waals surface area contributed by atoms with Crippen LogP contribution in [0.3, 0.4) is 0 Å². The maximum absolute atomic E-state index is 15.2. The average Bonchev–Trinajstić information content (AvgIpc) is 3.28. The molecule has 2 amide bonds. The van der Waals surface area contributed by atoms with Crippen LogP contribution in [0.15, 0.2) is 88.6 Å². The van der Waals surface area contributed by atoms with E-state index in [1.807, 2.05) is 63.4 Å². The predicted octanol–water partition coefficient (Wildman–Crippen LogP) is 6.23. The Kier molecular flexibility index (Phi) is 12.3. The quantitative estimate of drug-likeness (QED) is 0.138. The number of H-pyrrole nitrogens is 2. The summed E-state index contributed by atoms with van der Waals surface area (Å²) >= 11 is 0. The van der Waals surface area contributed by atoms with Gasteiger partial charge in [0.15, 0.2) is 0 Å². The van der Waals surface area contributed by atoms with Crippen molar-refractivity contribution in [3.05, 3.63) is 150 Å². The number of hydrogen-bond acceptors (Lipinski definition) is 9. The molecule has 0 unspecified atom stereocenters. The molecular formula is C48H51FN8O5. The molecule has 3 aromatic heterocycles. The number of fused-ring (bicyclic) bond motifs is 1. The molecule has 6 aromatic rings. The van der Waals surface area contributed by atoms with Gasteiger partial charge in [-0.05, 0) is 111 Å². The summed E-state index contributed by atoms with van der Waals surface area (Å²) < 4.78 is 20.9. The van der Waals surface area contributed by atoms with E-state index in [0.717, 1.165) is 58.8 Å². The van der Waals surface area contributed by atoms with Crippen molar-refractivity contribution in [2.75, 3.05) is 55.7 Å². The first-order valence-corrected chi connectivity index (χ1v) is 21.2. The number of rotatable bonds is 11. The molecule has 3 aromatic carbocycles. The maximum Gasteiger partial charge on any atom is 0.272 e. The van der Waals surface area contributed by atoms with E-state index in [-0.39, 0.29) is 41.1 Å². The molecular weight excluding hydrogens is 788 g/mol. The highest BCUT2D eigenvalue weighted by atomic mass is 19.1. The molecule has 5 heterocycles. The number of amides is 2. The third kappa shape index (κ3) is 8.73. The normalized spacial score (nSPS) is 14.6. The Balaban J connectivity index is 0.984. The van der Waals surface area contributed by atoms with Gasteiger partial charge in [0.05, 0.1) is 16.6 Å². The minimum atomic E-state index is -0.593. The minimum Gasteiger partial charge on any atom is -0.381 e. The lowest BCUT2D eigenvalue weighted by molar-refractivity contribution is 0.0741. The van der Waals surface area contributed by atoms with Gasteiger partial charge >= 0.3 is 0 Å². The van der Waals surface area contributed by atoms with Crippen molar-refractivity contribution in [3.63, 3.8) is 0 Å². The summed E-state index contributed by atoms with van der Waals surface area (Å²) in [5.41, 5.74) is 6.98. The first-order valence-electron chi connectivity index (χ1n) is 21.2. The number of carbonyl (C=O) groups is 2. The number of hydrogen-bond donors (Lipinski definition) is 3. The first kappa shape index (κ1) is 42.0. The number of pyridine rings is 2. The molecule has 0 spiro atoms. The van der Waals surface area contributed by atoms with Crippen molar-refractivity contribution in [2.24, 2.45) is 0 Å². The number of aromatic nitrogens is 4. The van der Waals surface area contributed by atoms with Crippen molar-refractivity contribution < 1.29 is 18.7 Å². The zero-order chi connectivity index (χ0) is 43.5. The molecule has 13 nitrogen and oxygen atoms in total. The number of piperazine rings is 1. The number of ether oxygens (including phenoxy) is 1. The molecule has 2 aliphatic heterocycles. The van der Waals surface area contributed by atoms with Gasteiger partial charge in [0.1, 0.15) is 11.6 Å². The molecule has 320 valence electrons. The molecule has 0 atom stereocenters. The van der Waals surface area contributed by atoms with Crippen LogP contribution in [0.25, 0.3) is 21.9 Å². The molecule has 2 fully saturated rings. The zero-order valence-electron chi connectivity index (χ0n) is 35.5. The van der Waals surface area contributed by atoms with Crippen LogP contribution in [0.4, 0.5) is 15.9 Å². The number of nitrogens with one attached hydrogen (secondary N) is 3. The number of halogens is 1. The van der Waals surface area contributed by atoms with E-state index in [0.29, 0.717) is 79.0 Å². The van der Waals surface area contributed by atoms with E-state index in [1.165, 1.54) is 6.07 Å². The van der Waals surface area contributed by atoms with Crippen LogP contribution in [0.2, 0.25) is 0 Å². The number of benzene rings is 3. The number of aryl methyl sites for hydroxylation is 2. The first-order chi connectivity index (χ1) is 30.0. The van der Waals surface area contributed by atoms with E-state index in [9.17, 15) is 19.2 Å². The second-order valence-electron chi connectivity index (χ2n) is 16.1. The van der Waals surface area contributed by atoms with Gasteiger partial charge in [-0.25, -0.2) is 14.5 Å². The van der Waals surface area contributed by atoms with Crippen LogP contribution < -0.4 is 26.2 Å². The molecule has 2 saturated heterocycles. The number of carbonyl (C=O) groups excluding carboxylic acids is 2. The SMILES string of the molecule is CCN(c1cc(-c2ccc(N3CCN(C(=O)c4cc(Cc5n[nH]c(=O)c6ccccc56)ccc4F)CC3)nc2)cc(C(=O)NCc2c(C)cc(C)[nH]c2=O)c1C)C1CCOCC1. The molecule has 62 heavy (non-hydrogen) atoms. The van der Waals surface area contributed by atoms with Gasteiger partial charge in [-0.2, -0.15) is 5.10 Å². The molecule has 0 aliphatic carbocycles. The lowest BCUT2D eigenvalue weighted by Crippen LogP contribution is -2.49. The highest BCUT2D eigenvalue weighted by Crippen LogP contribution is 2.34. The van der Waals surface area contributed by atoms with Crippen LogP contribution in [0, 0.1) is 26.6 Å². The van der Waals surface area contributed by atoms with Crippen molar-refractivity contribution in [1.29, 1.82) is 0 Å². The van der Waals surface area contributed by atoms with E-state index in [4.69, 9.17) is 9.72 Å². The summed E-state index contributed by atoms with van der Waals surface area (Å²) in [6.07, 6.45) is 3.90. The van der Waals surface area contributed by atoms with Crippen molar-refractivity contribution in [2.45, 2.75) is 59.5 Å². The van der Waals surface area contributed by atoms with E-state index >= 15 is 4.39 Å². The zero-order valence-corrected chi connectivity index (χ0v) is 35.5. The second-order valence-corrected chi connectivity index (χ2v) is 16.1. The molecule has 0 bridgehead atoms. The number of anilines is 2. The molecule has 3 N–H and O–H groups in total. The third-order valence-corrected chi connectivity index (χ3v) is 12.2. The van der Waals surface area contributed by atoms with E-state index < -0.39 is 5.82 Å². The molecule has 0 saturated carbocycles. The summed E-state index contributed by atoms with van der Waals surface area (Å²) in [4.78, 5) is 66.6. The Labute approximate surface area is 359 Å². The smallest absolute Gasteiger partial charge is 0.272 e. The fourth-order valence-corrected chi connectivity index (χ4v) is 8.79. The minimum absolute atomic E-state index is 0.00458. The van der Waals surface area contributed by atoms with Gasteiger partial charge in [-0.1, -0.05) is 24.3 Å². The van der Waals surface area contributed by atoms with Gasteiger partial charge in [0.2, 0.25) is 0 Å². The van der Waals surface area contributed by atoms with Crippen LogP contribution >= 0.6 is 0 Å².